The summed E-state index contributed by atoms with van der Waals surface area (Å²) in [6.45, 7) is 1.92. The van der Waals surface area contributed by atoms with Crippen LogP contribution in [-0.2, 0) is 9.59 Å². The molecule has 0 radical (unpaired) electrons. The third-order valence-corrected chi connectivity index (χ3v) is 4.96. The molecule has 0 unspecified atom stereocenters. The average Bonchev–Trinajstić information content (AvgIpc) is 2.71. The topological polar surface area (TPSA) is 130 Å². The van der Waals surface area contributed by atoms with Crippen LogP contribution in [0.15, 0.2) is 48.5 Å². The van der Waals surface area contributed by atoms with Crippen LogP contribution in [0.3, 0.4) is 0 Å². The number of non-ortho nitro benzene ring substituents is 1. The molecule has 1 aliphatic carbocycles. The summed E-state index contributed by atoms with van der Waals surface area (Å²) >= 11 is 0. The van der Waals surface area contributed by atoms with Gasteiger partial charge in [-0.05, 0) is 55.7 Å². The van der Waals surface area contributed by atoms with Crippen molar-refractivity contribution in [2.24, 2.45) is 0 Å². The molecule has 29 heavy (non-hydrogen) atoms. The van der Waals surface area contributed by atoms with Gasteiger partial charge in [0.2, 0.25) is 0 Å². The molecule has 1 fully saturated rings. The van der Waals surface area contributed by atoms with Crippen molar-refractivity contribution in [3.8, 4) is 0 Å². The number of nitro benzene ring substituents is 1. The van der Waals surface area contributed by atoms with Crippen molar-refractivity contribution in [2.75, 3.05) is 5.32 Å². The summed E-state index contributed by atoms with van der Waals surface area (Å²) in [7, 11) is 0. The number of nitrogens with one attached hydrogen (secondary N) is 1. The quantitative estimate of drug-likeness (QED) is 0.398. The van der Waals surface area contributed by atoms with Crippen molar-refractivity contribution >= 4 is 23.3 Å². The molecule has 0 spiro atoms. The van der Waals surface area contributed by atoms with Gasteiger partial charge < -0.3 is 15.5 Å². The van der Waals surface area contributed by atoms with Crippen LogP contribution in [0.25, 0.3) is 0 Å². The van der Waals surface area contributed by atoms with E-state index in [4.69, 9.17) is 19.8 Å². The van der Waals surface area contributed by atoms with Crippen LogP contribution in [-0.4, -0.2) is 33.1 Å². The highest BCUT2D eigenvalue weighted by molar-refractivity contribution is 6.27. The van der Waals surface area contributed by atoms with E-state index in [1.807, 2.05) is 13.0 Å². The zero-order valence-electron chi connectivity index (χ0n) is 16.1. The van der Waals surface area contributed by atoms with E-state index < -0.39 is 11.9 Å². The zero-order chi connectivity index (χ0) is 21.4. The highest BCUT2D eigenvalue weighted by Crippen LogP contribution is 2.34. The zero-order valence-corrected chi connectivity index (χ0v) is 16.1. The summed E-state index contributed by atoms with van der Waals surface area (Å²) in [5.41, 5.74) is 3.54. The number of rotatable bonds is 4. The van der Waals surface area contributed by atoms with Gasteiger partial charge in [-0.15, -0.1) is 0 Å². The number of hydrogen-bond acceptors (Lipinski definition) is 5. The maximum absolute atomic E-state index is 10.8. The summed E-state index contributed by atoms with van der Waals surface area (Å²) in [4.78, 5) is 28.7. The number of nitrogens with zero attached hydrogens (tertiary/aromatic N) is 1. The molecule has 0 bridgehead atoms. The SMILES string of the molecule is Cc1cc([N+](=O)[O-])ccc1NC1CCC(c2ccccc2)CC1.O=C(O)C(=O)O. The van der Waals surface area contributed by atoms with E-state index in [-0.39, 0.29) is 10.6 Å². The molecule has 154 valence electrons. The number of carboxylic acids is 2. The molecular formula is C21H24N2O6. The second kappa shape index (κ2) is 10.2. The van der Waals surface area contributed by atoms with E-state index in [9.17, 15) is 10.1 Å². The Morgan fingerprint density at radius 1 is 1.00 bits per heavy atom. The van der Waals surface area contributed by atoms with Gasteiger partial charge in [0.15, 0.2) is 0 Å². The Morgan fingerprint density at radius 2 is 1.59 bits per heavy atom. The number of carbonyl (C=O) groups is 2. The van der Waals surface area contributed by atoms with Gasteiger partial charge in [0.1, 0.15) is 0 Å². The first-order chi connectivity index (χ1) is 13.8. The van der Waals surface area contributed by atoms with Crippen LogP contribution in [0.1, 0.15) is 42.7 Å². The maximum atomic E-state index is 10.8. The molecule has 0 atom stereocenters. The summed E-state index contributed by atoms with van der Waals surface area (Å²) in [5, 5.41) is 29.2. The Bertz CT molecular complexity index is 849. The van der Waals surface area contributed by atoms with Gasteiger partial charge in [-0.2, -0.15) is 0 Å². The molecule has 1 aliphatic rings. The summed E-state index contributed by atoms with van der Waals surface area (Å²) in [6.07, 6.45) is 4.65. The summed E-state index contributed by atoms with van der Waals surface area (Å²) in [5.74, 6) is -2.99. The second-order valence-corrected chi connectivity index (χ2v) is 6.97. The maximum Gasteiger partial charge on any atom is 0.414 e. The second-order valence-electron chi connectivity index (χ2n) is 6.97. The molecule has 0 saturated heterocycles. The molecule has 0 aromatic heterocycles. The minimum Gasteiger partial charge on any atom is -0.473 e. The number of benzene rings is 2. The van der Waals surface area contributed by atoms with Gasteiger partial charge >= 0.3 is 11.9 Å². The Balaban J connectivity index is 0.000000438. The molecule has 1 saturated carbocycles. The molecule has 8 nitrogen and oxygen atoms in total. The molecule has 2 aromatic carbocycles. The Morgan fingerprint density at radius 3 is 2.07 bits per heavy atom. The van der Waals surface area contributed by atoms with Crippen LogP contribution in [0.5, 0.6) is 0 Å². The highest BCUT2D eigenvalue weighted by atomic mass is 16.6. The van der Waals surface area contributed by atoms with E-state index in [2.05, 4.69) is 35.6 Å². The normalized spacial score (nSPS) is 18.1. The van der Waals surface area contributed by atoms with Gasteiger partial charge in [0, 0.05) is 23.9 Å². The minimum atomic E-state index is -1.82. The van der Waals surface area contributed by atoms with Gasteiger partial charge in [0.05, 0.1) is 4.92 Å². The first-order valence-electron chi connectivity index (χ1n) is 9.30. The molecular weight excluding hydrogens is 376 g/mol. The third-order valence-electron chi connectivity index (χ3n) is 4.96. The molecule has 0 amide bonds. The van der Waals surface area contributed by atoms with Gasteiger partial charge in [-0.3, -0.25) is 10.1 Å². The Kier molecular flexibility index (Phi) is 7.70. The van der Waals surface area contributed by atoms with Gasteiger partial charge in [-0.25, -0.2) is 9.59 Å². The van der Waals surface area contributed by atoms with Crippen LogP contribution in [0.2, 0.25) is 0 Å². The van der Waals surface area contributed by atoms with Crippen molar-refractivity contribution in [2.45, 2.75) is 44.6 Å². The fourth-order valence-electron chi connectivity index (χ4n) is 3.44. The molecule has 8 heteroatoms. The monoisotopic (exact) mass is 400 g/mol. The number of nitro groups is 1. The summed E-state index contributed by atoms with van der Waals surface area (Å²) < 4.78 is 0. The summed E-state index contributed by atoms with van der Waals surface area (Å²) in [6, 6.07) is 16.2. The largest absolute Gasteiger partial charge is 0.473 e. The van der Waals surface area contributed by atoms with E-state index in [0.29, 0.717) is 12.0 Å². The smallest absolute Gasteiger partial charge is 0.414 e. The van der Waals surface area contributed by atoms with Crippen LogP contribution in [0.4, 0.5) is 11.4 Å². The van der Waals surface area contributed by atoms with Crippen LogP contribution >= 0.6 is 0 Å². The molecule has 3 N–H and O–H groups in total. The van der Waals surface area contributed by atoms with Gasteiger partial charge in [0.25, 0.3) is 5.69 Å². The lowest BCUT2D eigenvalue weighted by molar-refractivity contribution is -0.384. The van der Waals surface area contributed by atoms with Crippen molar-refractivity contribution in [3.05, 3.63) is 69.8 Å². The predicted molar refractivity (Wildman–Crippen MR) is 108 cm³/mol. The van der Waals surface area contributed by atoms with Crippen LogP contribution < -0.4 is 5.32 Å². The first-order valence-corrected chi connectivity index (χ1v) is 9.30. The third kappa shape index (κ3) is 6.60. The van der Waals surface area contributed by atoms with E-state index in [1.165, 1.54) is 18.4 Å². The highest BCUT2D eigenvalue weighted by Gasteiger charge is 2.22. The first kappa shape index (κ1) is 21.9. The standard InChI is InChI=1S/C19H22N2O2.C2H2O4/c1-14-13-18(21(22)23)11-12-19(14)20-17-9-7-16(8-10-17)15-5-3-2-4-6-15;3-1(4)2(5)6/h2-6,11-13,16-17,20H,7-10H2,1H3;(H,3,4)(H,5,6). The fraction of sp³-hybridized carbons (Fsp3) is 0.333. The lowest BCUT2D eigenvalue weighted by Gasteiger charge is -2.30. The molecule has 3 rings (SSSR count). The minimum absolute atomic E-state index is 0.154. The molecule has 0 heterocycles. The van der Waals surface area contributed by atoms with Crippen molar-refractivity contribution in [3.63, 3.8) is 0 Å². The number of anilines is 1. The van der Waals surface area contributed by atoms with Gasteiger partial charge in [-0.1, -0.05) is 30.3 Å². The Labute approximate surface area is 168 Å². The number of carboxylic acid groups (broad SMARTS) is 2. The lowest BCUT2D eigenvalue weighted by atomic mass is 9.81. The fourth-order valence-corrected chi connectivity index (χ4v) is 3.44. The van der Waals surface area contributed by atoms with E-state index >= 15 is 0 Å². The molecule has 2 aromatic rings. The van der Waals surface area contributed by atoms with Crippen molar-refractivity contribution < 1.29 is 24.7 Å². The lowest BCUT2D eigenvalue weighted by Crippen LogP contribution is -2.25. The number of hydrogen-bond donors (Lipinski definition) is 3. The predicted octanol–water partition coefficient (Wildman–Crippen LogP) is 4.20. The average molecular weight is 400 g/mol. The molecule has 0 aliphatic heterocycles. The van der Waals surface area contributed by atoms with E-state index in [1.54, 1.807) is 12.1 Å². The Hall–Kier alpha value is -3.42. The number of aryl methyl sites for hydroxylation is 1. The number of aliphatic carboxylic acids is 2. The van der Waals surface area contributed by atoms with Crippen molar-refractivity contribution in [1.29, 1.82) is 0 Å². The van der Waals surface area contributed by atoms with Crippen molar-refractivity contribution in [1.82, 2.24) is 0 Å². The van der Waals surface area contributed by atoms with Crippen LogP contribution in [0, 0.1) is 17.0 Å². The van der Waals surface area contributed by atoms with E-state index in [0.717, 1.165) is 24.1 Å².